The molecule has 5 rings (SSSR count). The van der Waals surface area contributed by atoms with Crippen LogP contribution in [0.1, 0.15) is 50.2 Å². The highest BCUT2D eigenvalue weighted by molar-refractivity contribution is 5.88. The van der Waals surface area contributed by atoms with Crippen LogP contribution in [0.15, 0.2) is 36.5 Å². The van der Waals surface area contributed by atoms with E-state index in [1.54, 1.807) is 0 Å². The number of benzene rings is 1. The lowest BCUT2D eigenvalue weighted by molar-refractivity contribution is -0.128. The maximum Gasteiger partial charge on any atom is 0.231 e. The number of ether oxygens (including phenoxy) is 2. The number of likely N-dealkylation sites (N-methyl/N-ethyl adjacent to an activating group) is 1. The van der Waals surface area contributed by atoms with Gasteiger partial charge in [0.05, 0.1) is 5.41 Å². The van der Waals surface area contributed by atoms with Gasteiger partial charge in [0, 0.05) is 38.9 Å². The fourth-order valence-corrected chi connectivity index (χ4v) is 5.35. The van der Waals surface area contributed by atoms with Crippen molar-refractivity contribution in [1.82, 2.24) is 15.2 Å². The van der Waals surface area contributed by atoms with E-state index in [1.807, 2.05) is 24.4 Å². The Morgan fingerprint density at radius 2 is 1.82 bits per heavy atom. The predicted octanol–water partition coefficient (Wildman–Crippen LogP) is 3.47. The molecule has 2 aliphatic heterocycles. The predicted molar refractivity (Wildman–Crippen MR) is 128 cm³/mol. The molecule has 1 saturated heterocycles. The van der Waals surface area contributed by atoms with Gasteiger partial charge in [-0.25, -0.2) is 4.98 Å². The maximum atomic E-state index is 13.6. The molecule has 0 atom stereocenters. The summed E-state index contributed by atoms with van der Waals surface area (Å²) in [6.45, 7) is 8.23. The Kier molecular flexibility index (Phi) is 6.40. The molecule has 0 spiro atoms. The second-order valence-corrected chi connectivity index (χ2v) is 9.34. The Hall–Kier alpha value is -2.80. The fourth-order valence-electron chi connectivity index (χ4n) is 5.35. The Morgan fingerprint density at radius 3 is 2.55 bits per heavy atom. The van der Waals surface area contributed by atoms with E-state index in [2.05, 4.69) is 39.2 Å². The van der Waals surface area contributed by atoms with Crippen LogP contribution in [0.3, 0.4) is 0 Å². The second kappa shape index (κ2) is 9.59. The Morgan fingerprint density at radius 1 is 1.03 bits per heavy atom. The quantitative estimate of drug-likeness (QED) is 0.727. The van der Waals surface area contributed by atoms with Gasteiger partial charge in [-0.15, -0.1) is 0 Å². The van der Waals surface area contributed by atoms with Gasteiger partial charge in [0.2, 0.25) is 12.7 Å². The zero-order valence-corrected chi connectivity index (χ0v) is 19.5. The van der Waals surface area contributed by atoms with Crippen molar-refractivity contribution in [3.63, 3.8) is 0 Å². The zero-order valence-electron chi connectivity index (χ0n) is 19.5. The zero-order chi connectivity index (χ0) is 22.7. The van der Waals surface area contributed by atoms with Crippen LogP contribution < -0.4 is 19.7 Å². The molecule has 0 bridgehead atoms. The van der Waals surface area contributed by atoms with E-state index < -0.39 is 5.41 Å². The number of hydrogen-bond donors (Lipinski definition) is 1. The minimum absolute atomic E-state index is 0.0980. The van der Waals surface area contributed by atoms with E-state index >= 15 is 0 Å². The molecule has 7 nitrogen and oxygen atoms in total. The first-order chi connectivity index (χ1) is 16.2. The van der Waals surface area contributed by atoms with Crippen LogP contribution in [0.5, 0.6) is 11.5 Å². The smallest absolute Gasteiger partial charge is 0.231 e. The number of hydrogen-bond acceptors (Lipinski definition) is 6. The molecule has 0 unspecified atom stereocenters. The van der Waals surface area contributed by atoms with Crippen LogP contribution in [-0.4, -0.2) is 55.3 Å². The lowest BCUT2D eigenvalue weighted by Gasteiger charge is -2.36. The summed E-state index contributed by atoms with van der Waals surface area (Å²) in [7, 11) is 0. The molecule has 3 aliphatic rings. The van der Waals surface area contributed by atoms with Crippen molar-refractivity contribution in [1.29, 1.82) is 0 Å². The minimum Gasteiger partial charge on any atom is -0.454 e. The maximum absolute atomic E-state index is 13.6. The van der Waals surface area contributed by atoms with E-state index in [9.17, 15) is 4.79 Å². The molecular weight excluding hydrogens is 416 g/mol. The summed E-state index contributed by atoms with van der Waals surface area (Å²) in [6.07, 6.45) is 6.92. The third kappa shape index (κ3) is 4.51. The van der Waals surface area contributed by atoms with Crippen molar-refractivity contribution >= 4 is 11.7 Å². The first kappa shape index (κ1) is 22.0. The average molecular weight is 451 g/mol. The van der Waals surface area contributed by atoms with Crippen LogP contribution in [0, 0.1) is 0 Å². The molecule has 1 aliphatic carbocycles. The van der Waals surface area contributed by atoms with Crippen LogP contribution in [-0.2, 0) is 16.8 Å². The van der Waals surface area contributed by atoms with E-state index in [0.29, 0.717) is 6.54 Å². The van der Waals surface area contributed by atoms with E-state index in [1.165, 1.54) is 6.42 Å². The van der Waals surface area contributed by atoms with Crippen molar-refractivity contribution in [2.45, 2.75) is 51.0 Å². The van der Waals surface area contributed by atoms with Crippen molar-refractivity contribution < 1.29 is 14.3 Å². The molecule has 7 heteroatoms. The van der Waals surface area contributed by atoms with Gasteiger partial charge in [0.15, 0.2) is 11.5 Å². The highest BCUT2D eigenvalue weighted by Crippen LogP contribution is 2.43. The van der Waals surface area contributed by atoms with Gasteiger partial charge >= 0.3 is 0 Å². The summed E-state index contributed by atoms with van der Waals surface area (Å²) in [4.78, 5) is 23.0. The van der Waals surface area contributed by atoms with Gasteiger partial charge in [-0.2, -0.15) is 0 Å². The molecule has 2 fully saturated rings. The fraction of sp³-hybridized carbons (Fsp3) is 0.538. The number of nitrogens with one attached hydrogen (secondary N) is 1. The number of piperazine rings is 1. The van der Waals surface area contributed by atoms with Gasteiger partial charge in [-0.1, -0.05) is 38.3 Å². The Balaban J connectivity index is 1.25. The van der Waals surface area contributed by atoms with Gasteiger partial charge in [0.1, 0.15) is 5.82 Å². The SMILES string of the molecule is CCN1CCN(c2ccc(CNC(=O)C3(c4ccc5c(c4)OCO5)CCCCC3)cn2)CC1. The summed E-state index contributed by atoms with van der Waals surface area (Å²) in [6, 6.07) is 10.1. The van der Waals surface area contributed by atoms with Gasteiger partial charge in [-0.05, 0) is 48.7 Å². The van der Waals surface area contributed by atoms with Crippen LogP contribution in [0.2, 0.25) is 0 Å². The topological polar surface area (TPSA) is 66.9 Å². The van der Waals surface area contributed by atoms with Crippen LogP contribution >= 0.6 is 0 Å². The van der Waals surface area contributed by atoms with Crippen LogP contribution in [0.25, 0.3) is 0 Å². The Labute approximate surface area is 196 Å². The highest BCUT2D eigenvalue weighted by Gasteiger charge is 2.41. The third-order valence-electron chi connectivity index (χ3n) is 7.47. The van der Waals surface area contributed by atoms with Crippen molar-refractivity contribution in [3.8, 4) is 11.5 Å². The molecule has 1 N–H and O–H groups in total. The number of nitrogens with zero attached hydrogens (tertiary/aromatic N) is 3. The monoisotopic (exact) mass is 450 g/mol. The van der Waals surface area contributed by atoms with Crippen LogP contribution in [0.4, 0.5) is 5.82 Å². The summed E-state index contributed by atoms with van der Waals surface area (Å²) < 4.78 is 11.1. The summed E-state index contributed by atoms with van der Waals surface area (Å²) >= 11 is 0. The standard InChI is InChI=1S/C26H34N4O3/c1-2-29-12-14-30(15-13-29)24-9-6-20(17-27-24)18-28-25(31)26(10-4-3-5-11-26)21-7-8-22-23(16-21)33-19-32-22/h6-9,16-17H,2-5,10-15,18-19H2,1H3,(H,28,31). The number of pyridine rings is 1. The lowest BCUT2D eigenvalue weighted by Crippen LogP contribution is -2.46. The van der Waals surface area contributed by atoms with E-state index in [0.717, 1.165) is 86.9 Å². The number of fused-ring (bicyclic) bond motifs is 1. The molecule has 1 saturated carbocycles. The lowest BCUT2D eigenvalue weighted by atomic mass is 9.68. The Bertz CT molecular complexity index is 964. The van der Waals surface area contributed by atoms with Gasteiger partial charge < -0.3 is 24.6 Å². The molecule has 2 aromatic rings. The molecule has 176 valence electrons. The van der Waals surface area contributed by atoms with Gasteiger partial charge in [-0.3, -0.25) is 4.79 Å². The molecule has 1 aromatic carbocycles. The highest BCUT2D eigenvalue weighted by atomic mass is 16.7. The molecule has 33 heavy (non-hydrogen) atoms. The molecule has 3 heterocycles. The van der Waals surface area contributed by atoms with E-state index in [4.69, 9.17) is 9.47 Å². The summed E-state index contributed by atoms with van der Waals surface area (Å²) in [5, 5.41) is 3.22. The molecule has 1 amide bonds. The second-order valence-electron chi connectivity index (χ2n) is 9.34. The average Bonchev–Trinajstić information content (AvgIpc) is 3.36. The molecule has 0 radical (unpaired) electrons. The minimum atomic E-state index is -0.508. The van der Waals surface area contributed by atoms with Gasteiger partial charge in [0.25, 0.3) is 0 Å². The van der Waals surface area contributed by atoms with Crippen molar-refractivity contribution in [2.75, 3.05) is 44.4 Å². The van der Waals surface area contributed by atoms with E-state index in [-0.39, 0.29) is 12.7 Å². The number of anilines is 1. The number of aromatic nitrogens is 1. The van der Waals surface area contributed by atoms with Crippen molar-refractivity contribution in [3.05, 3.63) is 47.7 Å². The number of amides is 1. The summed E-state index contributed by atoms with van der Waals surface area (Å²) in [5.41, 5.74) is 1.55. The molecule has 1 aromatic heterocycles. The first-order valence-corrected chi connectivity index (χ1v) is 12.3. The largest absolute Gasteiger partial charge is 0.454 e. The normalized spacial score (nSPS) is 20.0. The first-order valence-electron chi connectivity index (χ1n) is 12.3. The molecular formula is C26H34N4O3. The number of carbonyl (C=O) groups excluding carboxylic acids is 1. The number of rotatable bonds is 6. The van der Waals surface area contributed by atoms with Crippen molar-refractivity contribution in [2.24, 2.45) is 0 Å². The number of carbonyl (C=O) groups is 1. The third-order valence-corrected chi connectivity index (χ3v) is 7.47. The summed E-state index contributed by atoms with van der Waals surface area (Å²) in [5.74, 6) is 2.61.